The van der Waals surface area contributed by atoms with Gasteiger partial charge in [0, 0.05) is 17.6 Å². The van der Waals surface area contributed by atoms with Gasteiger partial charge >= 0.3 is 0 Å². The predicted molar refractivity (Wildman–Crippen MR) is 49.6 cm³/mol. The van der Waals surface area contributed by atoms with Crippen LogP contribution in [0.25, 0.3) is 0 Å². The van der Waals surface area contributed by atoms with Gasteiger partial charge in [-0.05, 0) is 12.5 Å². The third kappa shape index (κ3) is 1.89. The first-order chi connectivity index (χ1) is 6.20. The highest BCUT2D eigenvalue weighted by Gasteiger charge is 2.08. The van der Waals surface area contributed by atoms with Crippen molar-refractivity contribution in [2.75, 3.05) is 0 Å². The van der Waals surface area contributed by atoms with Gasteiger partial charge in [0.2, 0.25) is 0 Å². The van der Waals surface area contributed by atoms with Crippen LogP contribution in [0.1, 0.15) is 16.8 Å². The maximum Gasteiger partial charge on any atom is 0.145 e. The summed E-state index contributed by atoms with van der Waals surface area (Å²) < 4.78 is 0. The molecule has 0 atom stereocenters. The van der Waals surface area contributed by atoms with Crippen LogP contribution in [0.5, 0.6) is 5.75 Å². The highest BCUT2D eigenvalue weighted by molar-refractivity contribution is 6.17. The molecule has 1 aromatic heterocycles. The molecule has 0 amide bonds. The van der Waals surface area contributed by atoms with E-state index in [1.807, 2.05) is 0 Å². The van der Waals surface area contributed by atoms with Crippen LogP contribution < -0.4 is 0 Å². The van der Waals surface area contributed by atoms with Gasteiger partial charge in [-0.3, -0.25) is 4.98 Å². The second kappa shape index (κ2) is 4.09. The van der Waals surface area contributed by atoms with Gasteiger partial charge in [0.05, 0.1) is 11.9 Å². The van der Waals surface area contributed by atoms with Gasteiger partial charge in [-0.1, -0.05) is 5.16 Å². The molecule has 0 unspecified atom stereocenters. The summed E-state index contributed by atoms with van der Waals surface area (Å²) in [5.41, 5.74) is 1.51. The van der Waals surface area contributed by atoms with E-state index in [4.69, 9.17) is 16.8 Å². The van der Waals surface area contributed by atoms with Crippen molar-refractivity contribution in [3.8, 4) is 5.75 Å². The summed E-state index contributed by atoms with van der Waals surface area (Å²) in [7, 11) is 0. The normalized spacial score (nSPS) is 10.9. The van der Waals surface area contributed by atoms with E-state index in [9.17, 15) is 5.11 Å². The average molecular weight is 201 g/mol. The van der Waals surface area contributed by atoms with E-state index >= 15 is 0 Å². The maximum atomic E-state index is 9.52. The van der Waals surface area contributed by atoms with Crippen molar-refractivity contribution in [2.45, 2.75) is 12.8 Å². The second-order valence-corrected chi connectivity index (χ2v) is 2.78. The predicted octanol–water partition coefficient (Wildman–Crippen LogP) is 1.64. The Morgan fingerprint density at radius 2 is 2.38 bits per heavy atom. The van der Waals surface area contributed by atoms with E-state index in [1.165, 1.54) is 0 Å². The monoisotopic (exact) mass is 200 g/mol. The van der Waals surface area contributed by atoms with E-state index in [0.29, 0.717) is 16.8 Å². The van der Waals surface area contributed by atoms with E-state index in [1.54, 1.807) is 13.1 Å². The quantitative estimate of drug-likeness (QED) is 0.330. The molecule has 13 heavy (non-hydrogen) atoms. The SMILES string of the molecule is Cc1ncc(CCl)c(/C=N\O)c1O. The first-order valence-corrected chi connectivity index (χ1v) is 4.15. The molecular weight excluding hydrogens is 192 g/mol. The molecule has 1 aromatic rings. The Bertz CT molecular complexity index is 339. The molecule has 0 saturated carbocycles. The summed E-state index contributed by atoms with van der Waals surface area (Å²) in [4.78, 5) is 3.91. The van der Waals surface area contributed by atoms with Gasteiger partial charge in [-0.25, -0.2) is 0 Å². The topological polar surface area (TPSA) is 65.7 Å². The van der Waals surface area contributed by atoms with Crippen LogP contribution in [0.3, 0.4) is 0 Å². The third-order valence-electron chi connectivity index (χ3n) is 1.69. The van der Waals surface area contributed by atoms with Crippen molar-refractivity contribution < 1.29 is 10.3 Å². The standard InChI is InChI=1S/C8H9ClN2O2/c1-5-8(12)7(4-11-13)6(2-9)3-10-5/h3-4,12-13H,2H2,1H3/b11-4-. The minimum Gasteiger partial charge on any atom is -0.505 e. The van der Waals surface area contributed by atoms with Crippen LogP contribution >= 0.6 is 11.6 Å². The molecule has 0 aliphatic rings. The molecule has 1 rings (SSSR count). The number of rotatable bonds is 2. The van der Waals surface area contributed by atoms with Gasteiger partial charge < -0.3 is 10.3 Å². The number of halogens is 1. The number of oxime groups is 1. The summed E-state index contributed by atoms with van der Waals surface area (Å²) in [6.07, 6.45) is 2.68. The number of aromatic nitrogens is 1. The Hall–Kier alpha value is -1.29. The Balaban J connectivity index is 3.32. The summed E-state index contributed by atoms with van der Waals surface area (Å²) in [5.74, 6) is 0.207. The minimum atomic E-state index is -0.00375. The molecular formula is C8H9ClN2O2. The van der Waals surface area contributed by atoms with Crippen LogP contribution in [0.15, 0.2) is 11.4 Å². The van der Waals surface area contributed by atoms with E-state index < -0.39 is 0 Å². The lowest BCUT2D eigenvalue weighted by atomic mass is 10.1. The molecule has 4 nitrogen and oxygen atoms in total. The molecule has 0 fully saturated rings. The fraction of sp³-hybridized carbons (Fsp3) is 0.250. The number of pyridine rings is 1. The number of aromatic hydroxyl groups is 1. The highest BCUT2D eigenvalue weighted by Crippen LogP contribution is 2.22. The smallest absolute Gasteiger partial charge is 0.145 e. The molecule has 70 valence electrons. The second-order valence-electron chi connectivity index (χ2n) is 2.51. The van der Waals surface area contributed by atoms with Gasteiger partial charge in [0.15, 0.2) is 0 Å². The van der Waals surface area contributed by atoms with Gasteiger partial charge in [0.25, 0.3) is 0 Å². The van der Waals surface area contributed by atoms with E-state index in [0.717, 1.165) is 6.21 Å². The van der Waals surface area contributed by atoms with Crippen molar-refractivity contribution in [1.82, 2.24) is 4.98 Å². The fourth-order valence-electron chi connectivity index (χ4n) is 0.961. The van der Waals surface area contributed by atoms with Crippen LogP contribution in [-0.4, -0.2) is 21.5 Å². The van der Waals surface area contributed by atoms with Crippen LogP contribution in [0, 0.1) is 6.92 Å². The number of aryl methyl sites for hydroxylation is 1. The van der Waals surface area contributed by atoms with Crippen LogP contribution in [0.4, 0.5) is 0 Å². The molecule has 0 radical (unpaired) electrons. The van der Waals surface area contributed by atoms with Crippen molar-refractivity contribution in [3.63, 3.8) is 0 Å². The van der Waals surface area contributed by atoms with Crippen molar-refractivity contribution in [3.05, 3.63) is 23.0 Å². The molecule has 0 saturated heterocycles. The van der Waals surface area contributed by atoms with Crippen molar-refractivity contribution in [1.29, 1.82) is 0 Å². The molecule has 2 N–H and O–H groups in total. The van der Waals surface area contributed by atoms with Crippen molar-refractivity contribution >= 4 is 17.8 Å². The summed E-state index contributed by atoms with van der Waals surface area (Å²) in [5, 5.41) is 20.7. The van der Waals surface area contributed by atoms with Crippen LogP contribution in [-0.2, 0) is 5.88 Å². The summed E-state index contributed by atoms with van der Waals surface area (Å²) in [6.45, 7) is 1.65. The van der Waals surface area contributed by atoms with E-state index in [-0.39, 0.29) is 11.6 Å². The molecule has 0 aromatic carbocycles. The molecule has 0 bridgehead atoms. The molecule has 0 aliphatic carbocycles. The molecule has 0 aliphatic heterocycles. The zero-order chi connectivity index (χ0) is 9.84. The number of hydrogen-bond acceptors (Lipinski definition) is 4. The fourth-order valence-corrected chi connectivity index (χ4v) is 1.17. The summed E-state index contributed by atoms with van der Waals surface area (Å²) >= 11 is 5.60. The first-order valence-electron chi connectivity index (χ1n) is 3.61. The van der Waals surface area contributed by atoms with Gasteiger partial charge in [-0.2, -0.15) is 0 Å². The molecule has 0 spiro atoms. The highest BCUT2D eigenvalue weighted by atomic mass is 35.5. The zero-order valence-electron chi connectivity index (χ0n) is 7.03. The number of alkyl halides is 1. The first kappa shape index (κ1) is 9.80. The lowest BCUT2D eigenvalue weighted by Gasteiger charge is -2.05. The Kier molecular flexibility index (Phi) is 3.08. The Morgan fingerprint density at radius 1 is 1.69 bits per heavy atom. The summed E-state index contributed by atoms with van der Waals surface area (Å²) in [6, 6.07) is 0. The Labute approximate surface area is 80.5 Å². The lowest BCUT2D eigenvalue weighted by Crippen LogP contribution is -1.95. The zero-order valence-corrected chi connectivity index (χ0v) is 7.78. The van der Waals surface area contributed by atoms with Gasteiger partial charge in [0.1, 0.15) is 5.75 Å². The Morgan fingerprint density at radius 3 is 2.92 bits per heavy atom. The van der Waals surface area contributed by atoms with Crippen LogP contribution in [0.2, 0.25) is 0 Å². The number of nitrogens with zero attached hydrogens (tertiary/aromatic N) is 2. The average Bonchev–Trinajstić information content (AvgIpc) is 2.14. The minimum absolute atomic E-state index is 0.00375. The molecule has 1 heterocycles. The molecule has 5 heteroatoms. The maximum absolute atomic E-state index is 9.52. The van der Waals surface area contributed by atoms with Crippen molar-refractivity contribution in [2.24, 2.45) is 5.16 Å². The third-order valence-corrected chi connectivity index (χ3v) is 1.98. The lowest BCUT2D eigenvalue weighted by molar-refractivity contribution is 0.321. The van der Waals surface area contributed by atoms with Gasteiger partial charge in [-0.15, -0.1) is 11.6 Å². The van der Waals surface area contributed by atoms with E-state index in [2.05, 4.69) is 10.1 Å². The largest absolute Gasteiger partial charge is 0.505 e. The number of hydrogen-bond donors (Lipinski definition) is 2.